The molecule has 3 heteroatoms. The molecule has 0 spiro atoms. The van der Waals surface area contributed by atoms with Crippen molar-refractivity contribution >= 4 is 27.5 Å². The minimum atomic E-state index is 0.823. The largest absolute Gasteiger partial charge is 0.299 e. The van der Waals surface area contributed by atoms with Crippen molar-refractivity contribution in [2.24, 2.45) is 5.92 Å². The Bertz CT molecular complexity index is 329. The molecule has 1 aromatic carbocycles. The minimum Gasteiger partial charge on any atom is -0.299 e. The van der Waals surface area contributed by atoms with Gasteiger partial charge in [0.1, 0.15) is 0 Å². The molecule has 0 bridgehead atoms. The molecule has 1 heterocycles. The molecule has 1 aromatic rings. The molecule has 0 saturated carbocycles. The van der Waals surface area contributed by atoms with E-state index in [2.05, 4.69) is 33.0 Å². The van der Waals surface area contributed by atoms with Gasteiger partial charge in [-0.3, -0.25) is 4.90 Å². The van der Waals surface area contributed by atoms with Crippen molar-refractivity contribution in [1.29, 1.82) is 0 Å². The van der Waals surface area contributed by atoms with Crippen molar-refractivity contribution in [1.82, 2.24) is 4.90 Å². The molecule has 82 valence electrons. The molecule has 1 aliphatic rings. The Morgan fingerprint density at radius 3 is 3.00 bits per heavy atom. The lowest BCUT2D eigenvalue weighted by molar-refractivity contribution is 0.321. The number of likely N-dealkylation sites (tertiary alicyclic amines) is 1. The zero-order valence-electron chi connectivity index (χ0n) is 8.63. The Morgan fingerprint density at radius 1 is 1.47 bits per heavy atom. The summed E-state index contributed by atoms with van der Waals surface area (Å²) in [6.07, 6.45) is 1.31. The maximum Gasteiger partial charge on any atom is 0.0409 e. The molecule has 0 aromatic heterocycles. The first-order valence-corrected chi connectivity index (χ1v) is 6.80. The van der Waals surface area contributed by atoms with E-state index in [-0.39, 0.29) is 0 Å². The van der Waals surface area contributed by atoms with Crippen LogP contribution in [0, 0.1) is 5.92 Å². The summed E-state index contributed by atoms with van der Waals surface area (Å²) in [4.78, 5) is 2.50. The van der Waals surface area contributed by atoms with Crippen LogP contribution < -0.4 is 0 Å². The predicted molar refractivity (Wildman–Crippen MR) is 68.6 cm³/mol. The molecule has 1 saturated heterocycles. The van der Waals surface area contributed by atoms with Crippen molar-refractivity contribution in [3.8, 4) is 0 Å². The van der Waals surface area contributed by atoms with Gasteiger partial charge >= 0.3 is 0 Å². The lowest BCUT2D eigenvalue weighted by Crippen LogP contribution is -2.20. The highest BCUT2D eigenvalue weighted by Gasteiger charge is 2.21. The minimum absolute atomic E-state index is 0.823. The SMILES string of the molecule is Clc1cccc(CN2CCC(CBr)C2)c1. The number of benzene rings is 1. The van der Waals surface area contributed by atoms with E-state index < -0.39 is 0 Å². The lowest BCUT2D eigenvalue weighted by atomic mass is 10.2. The predicted octanol–water partition coefficient (Wildman–Crippen LogP) is 3.56. The Morgan fingerprint density at radius 2 is 2.33 bits per heavy atom. The number of alkyl halides is 1. The van der Waals surface area contributed by atoms with Gasteiger partial charge in [0.05, 0.1) is 0 Å². The lowest BCUT2D eigenvalue weighted by Gasteiger charge is -2.15. The molecule has 1 aliphatic heterocycles. The second kappa shape index (κ2) is 5.33. The van der Waals surface area contributed by atoms with E-state index in [0.717, 1.165) is 22.8 Å². The molecule has 0 radical (unpaired) electrons. The van der Waals surface area contributed by atoms with Gasteiger partial charge in [0.25, 0.3) is 0 Å². The fourth-order valence-corrected chi connectivity index (χ4v) is 2.82. The topological polar surface area (TPSA) is 3.24 Å². The number of nitrogens with zero attached hydrogens (tertiary/aromatic N) is 1. The van der Waals surface area contributed by atoms with Crippen LogP contribution >= 0.6 is 27.5 Å². The highest BCUT2D eigenvalue weighted by Crippen LogP contribution is 2.21. The molecule has 0 N–H and O–H groups in total. The highest BCUT2D eigenvalue weighted by atomic mass is 79.9. The van der Waals surface area contributed by atoms with E-state index in [1.807, 2.05) is 12.1 Å². The first-order chi connectivity index (χ1) is 7.28. The average molecular weight is 289 g/mol. The summed E-state index contributed by atoms with van der Waals surface area (Å²) in [6.45, 7) is 3.45. The highest BCUT2D eigenvalue weighted by molar-refractivity contribution is 9.09. The van der Waals surface area contributed by atoms with Gasteiger partial charge in [-0.05, 0) is 36.6 Å². The number of rotatable bonds is 3. The van der Waals surface area contributed by atoms with E-state index in [9.17, 15) is 0 Å². The van der Waals surface area contributed by atoms with Crippen LogP contribution in [0.15, 0.2) is 24.3 Å². The normalized spacial score (nSPS) is 22.1. The zero-order valence-corrected chi connectivity index (χ0v) is 11.0. The van der Waals surface area contributed by atoms with Crippen LogP contribution in [0.5, 0.6) is 0 Å². The molecule has 1 atom stereocenters. The van der Waals surface area contributed by atoms with Crippen LogP contribution in [-0.2, 0) is 6.54 Å². The van der Waals surface area contributed by atoms with Gasteiger partial charge < -0.3 is 0 Å². The van der Waals surface area contributed by atoms with Crippen molar-refractivity contribution in [3.05, 3.63) is 34.9 Å². The molecule has 1 unspecified atom stereocenters. The number of hydrogen-bond donors (Lipinski definition) is 0. The van der Waals surface area contributed by atoms with Crippen LogP contribution in [-0.4, -0.2) is 23.3 Å². The third-order valence-electron chi connectivity index (χ3n) is 2.88. The van der Waals surface area contributed by atoms with Gasteiger partial charge in [-0.25, -0.2) is 0 Å². The Kier molecular flexibility index (Phi) is 4.06. The summed E-state index contributed by atoms with van der Waals surface area (Å²) in [7, 11) is 0. The molecule has 0 amide bonds. The second-order valence-corrected chi connectivity index (χ2v) is 5.26. The maximum absolute atomic E-state index is 5.96. The summed E-state index contributed by atoms with van der Waals surface area (Å²) in [5.41, 5.74) is 1.32. The molecule has 0 aliphatic carbocycles. The zero-order chi connectivity index (χ0) is 10.7. The van der Waals surface area contributed by atoms with Gasteiger partial charge in [-0.1, -0.05) is 39.7 Å². The summed E-state index contributed by atoms with van der Waals surface area (Å²) < 4.78 is 0. The number of hydrogen-bond acceptors (Lipinski definition) is 1. The Labute approximate surface area is 105 Å². The quantitative estimate of drug-likeness (QED) is 0.769. The smallest absolute Gasteiger partial charge is 0.0409 e. The molecule has 1 nitrogen and oxygen atoms in total. The van der Waals surface area contributed by atoms with Crippen LogP contribution in [0.4, 0.5) is 0 Å². The van der Waals surface area contributed by atoms with Crippen LogP contribution in [0.25, 0.3) is 0 Å². The fraction of sp³-hybridized carbons (Fsp3) is 0.500. The van der Waals surface area contributed by atoms with E-state index in [4.69, 9.17) is 11.6 Å². The summed E-state index contributed by atoms with van der Waals surface area (Å²) >= 11 is 9.51. The average Bonchev–Trinajstić information content (AvgIpc) is 2.65. The van der Waals surface area contributed by atoms with Crippen molar-refractivity contribution in [2.75, 3.05) is 18.4 Å². The molecule has 1 fully saturated rings. The van der Waals surface area contributed by atoms with E-state index in [0.29, 0.717) is 0 Å². The van der Waals surface area contributed by atoms with E-state index >= 15 is 0 Å². The molecular formula is C12H15BrClN. The van der Waals surface area contributed by atoms with E-state index in [1.165, 1.54) is 25.1 Å². The first-order valence-electron chi connectivity index (χ1n) is 5.30. The maximum atomic E-state index is 5.96. The molecular weight excluding hydrogens is 273 g/mol. The first kappa shape index (κ1) is 11.4. The van der Waals surface area contributed by atoms with Gasteiger partial charge in [-0.2, -0.15) is 0 Å². The van der Waals surface area contributed by atoms with E-state index in [1.54, 1.807) is 0 Å². The summed E-state index contributed by atoms with van der Waals surface area (Å²) in [5.74, 6) is 0.823. The van der Waals surface area contributed by atoms with Crippen LogP contribution in [0.2, 0.25) is 5.02 Å². The van der Waals surface area contributed by atoms with Crippen molar-refractivity contribution in [2.45, 2.75) is 13.0 Å². The fourth-order valence-electron chi connectivity index (χ4n) is 2.08. The third kappa shape index (κ3) is 3.20. The Balaban J connectivity index is 1.92. The van der Waals surface area contributed by atoms with Gasteiger partial charge in [0, 0.05) is 23.4 Å². The molecule has 2 rings (SSSR count). The standard InChI is InChI=1S/C12H15BrClN/c13-7-11-4-5-15(9-11)8-10-2-1-3-12(14)6-10/h1-3,6,11H,4-5,7-9H2. The van der Waals surface area contributed by atoms with Gasteiger partial charge in [-0.15, -0.1) is 0 Å². The van der Waals surface area contributed by atoms with Crippen molar-refractivity contribution in [3.63, 3.8) is 0 Å². The van der Waals surface area contributed by atoms with Crippen LogP contribution in [0.3, 0.4) is 0 Å². The van der Waals surface area contributed by atoms with Crippen LogP contribution in [0.1, 0.15) is 12.0 Å². The van der Waals surface area contributed by atoms with Gasteiger partial charge in [0.2, 0.25) is 0 Å². The van der Waals surface area contributed by atoms with Crippen molar-refractivity contribution < 1.29 is 0 Å². The monoisotopic (exact) mass is 287 g/mol. The second-order valence-electron chi connectivity index (χ2n) is 4.17. The summed E-state index contributed by atoms with van der Waals surface area (Å²) in [5, 5.41) is 1.96. The third-order valence-corrected chi connectivity index (χ3v) is 4.03. The summed E-state index contributed by atoms with van der Waals surface area (Å²) in [6, 6.07) is 8.16. The molecule has 15 heavy (non-hydrogen) atoms. The Hall–Kier alpha value is -0.0500. The number of halogens is 2. The van der Waals surface area contributed by atoms with Gasteiger partial charge in [0.15, 0.2) is 0 Å².